The van der Waals surface area contributed by atoms with Gasteiger partial charge in [-0.25, -0.2) is 4.39 Å². The largest absolute Gasteiger partial charge is 0.489 e. The number of aliphatic hydroxyl groups is 1. The van der Waals surface area contributed by atoms with E-state index in [4.69, 9.17) is 9.84 Å². The van der Waals surface area contributed by atoms with Crippen LogP contribution in [0.15, 0.2) is 42.5 Å². The number of hydrogen-bond donors (Lipinski definition) is 3. The van der Waals surface area contributed by atoms with E-state index >= 15 is 0 Å². The molecule has 2 aromatic carbocycles. The number of likely N-dealkylation sites (N-methyl/N-ethyl adjacent to an activating group) is 1. The quantitative estimate of drug-likeness (QED) is 0.481. The van der Waals surface area contributed by atoms with Crippen molar-refractivity contribution in [3.8, 4) is 17.6 Å². The molecule has 0 saturated carbocycles. The van der Waals surface area contributed by atoms with Crippen molar-refractivity contribution in [3.05, 3.63) is 59.4 Å². The molecule has 1 heterocycles. The molecular weight excluding hydrogens is 417 g/mol. The molecule has 1 aliphatic heterocycles. The average Bonchev–Trinajstić information content (AvgIpc) is 2.90. The second kappa shape index (κ2) is 10.4. The second-order valence-electron chi connectivity index (χ2n) is 6.97. The molecule has 0 unspecified atom stereocenters. The normalized spacial score (nSPS) is 14.9. The highest BCUT2D eigenvalue weighted by Crippen LogP contribution is 2.31. The van der Waals surface area contributed by atoms with Gasteiger partial charge in [-0.1, -0.05) is 30.0 Å². The van der Waals surface area contributed by atoms with Gasteiger partial charge >= 0.3 is 11.8 Å². The third-order valence-electron chi connectivity index (χ3n) is 4.73. The highest BCUT2D eigenvalue weighted by molar-refractivity contribution is 6.35. The van der Waals surface area contributed by atoms with Crippen LogP contribution in [0.5, 0.6) is 5.75 Å². The summed E-state index contributed by atoms with van der Waals surface area (Å²) in [6, 6.07) is 9.83. The summed E-state index contributed by atoms with van der Waals surface area (Å²) in [6.07, 6.45) is 0.329. The lowest BCUT2D eigenvalue weighted by atomic mass is 10.1. The molecular formula is C23H22FN3O5. The minimum Gasteiger partial charge on any atom is -0.489 e. The lowest BCUT2D eigenvalue weighted by molar-refractivity contribution is -0.140. The summed E-state index contributed by atoms with van der Waals surface area (Å²) in [4.78, 5) is 38.6. The molecule has 3 rings (SSSR count). The predicted octanol–water partition coefficient (Wildman–Crippen LogP) is 0.716. The lowest BCUT2D eigenvalue weighted by Crippen LogP contribution is -2.53. The van der Waals surface area contributed by atoms with Crippen LogP contribution in [0.25, 0.3) is 0 Å². The summed E-state index contributed by atoms with van der Waals surface area (Å²) in [5, 5.41) is 13.5. The van der Waals surface area contributed by atoms with E-state index in [2.05, 4.69) is 22.5 Å². The first-order chi connectivity index (χ1) is 15.4. The number of ether oxygens (including phenoxy) is 1. The van der Waals surface area contributed by atoms with Crippen molar-refractivity contribution in [2.45, 2.75) is 19.0 Å². The predicted molar refractivity (Wildman–Crippen MR) is 114 cm³/mol. The van der Waals surface area contributed by atoms with Crippen molar-refractivity contribution in [1.29, 1.82) is 0 Å². The first-order valence-corrected chi connectivity index (χ1v) is 9.87. The molecule has 3 amide bonds. The number of carbonyl (C=O) groups excluding carboxylic acids is 3. The zero-order valence-electron chi connectivity index (χ0n) is 17.4. The van der Waals surface area contributed by atoms with Crippen LogP contribution in [0.1, 0.15) is 17.5 Å². The van der Waals surface area contributed by atoms with Crippen LogP contribution in [-0.4, -0.2) is 49.1 Å². The Morgan fingerprint density at radius 3 is 2.78 bits per heavy atom. The Bertz CT molecular complexity index is 1090. The van der Waals surface area contributed by atoms with E-state index in [0.29, 0.717) is 23.4 Å². The monoisotopic (exact) mass is 439 g/mol. The lowest BCUT2D eigenvalue weighted by Gasteiger charge is -2.20. The summed E-state index contributed by atoms with van der Waals surface area (Å²) < 4.78 is 19.3. The number of benzene rings is 2. The number of nitrogens with zero attached hydrogens (tertiary/aromatic N) is 1. The first-order valence-electron chi connectivity index (χ1n) is 9.87. The first kappa shape index (κ1) is 22.8. The van der Waals surface area contributed by atoms with E-state index < -0.39 is 29.6 Å². The number of carbonyl (C=O) groups is 3. The minimum absolute atomic E-state index is 0.0469. The van der Waals surface area contributed by atoms with Crippen LogP contribution in [0.2, 0.25) is 0 Å². The number of anilines is 1. The molecule has 9 heteroatoms. The second-order valence-corrected chi connectivity index (χ2v) is 6.97. The van der Waals surface area contributed by atoms with Gasteiger partial charge in [-0.05, 0) is 24.3 Å². The molecule has 3 N–H and O–H groups in total. The van der Waals surface area contributed by atoms with Crippen molar-refractivity contribution in [2.75, 3.05) is 25.2 Å². The molecule has 32 heavy (non-hydrogen) atoms. The van der Waals surface area contributed by atoms with Crippen LogP contribution in [-0.2, 0) is 20.9 Å². The van der Waals surface area contributed by atoms with Crippen molar-refractivity contribution in [2.24, 2.45) is 0 Å². The van der Waals surface area contributed by atoms with Crippen LogP contribution in [0.4, 0.5) is 10.1 Å². The number of rotatable bonds is 4. The van der Waals surface area contributed by atoms with E-state index in [1.165, 1.54) is 30.1 Å². The molecule has 0 spiro atoms. The van der Waals surface area contributed by atoms with Crippen LogP contribution in [0.3, 0.4) is 0 Å². The highest BCUT2D eigenvalue weighted by atomic mass is 19.1. The Balaban J connectivity index is 1.64. The third kappa shape index (κ3) is 5.42. The van der Waals surface area contributed by atoms with Crippen molar-refractivity contribution < 1.29 is 28.6 Å². The number of halogens is 1. The molecule has 8 nitrogen and oxygen atoms in total. The van der Waals surface area contributed by atoms with Gasteiger partial charge in [0.1, 0.15) is 24.2 Å². The summed E-state index contributed by atoms with van der Waals surface area (Å²) >= 11 is 0. The Hall–Kier alpha value is -3.90. The summed E-state index contributed by atoms with van der Waals surface area (Å²) in [5.74, 6) is 3.12. The summed E-state index contributed by atoms with van der Waals surface area (Å²) in [7, 11) is 1.53. The number of nitrogens with one attached hydrogen (secondary N) is 2. The Morgan fingerprint density at radius 2 is 2.03 bits per heavy atom. The SMILES string of the molecule is CN1C(=O)[C@@H](NC(=O)C(=O)NCc2ccccc2F)COc2ccc(C#CCCO)cc21. The fraction of sp³-hybridized carbons (Fsp3) is 0.261. The maximum absolute atomic E-state index is 13.7. The van der Waals surface area contributed by atoms with Gasteiger partial charge in [0.15, 0.2) is 0 Å². The molecule has 0 radical (unpaired) electrons. The standard InChI is InChI=1S/C23H22FN3O5/c1-27-19-12-15(6-4-5-11-28)9-10-20(19)32-14-18(23(27)31)26-22(30)21(29)25-13-16-7-2-3-8-17(16)24/h2-3,7-10,12,18,28H,5,11,13-14H2,1H3,(H,25,29)(H,26,30)/t18-/m0/s1. The molecule has 166 valence electrons. The van der Waals surface area contributed by atoms with Crippen LogP contribution in [0, 0.1) is 17.7 Å². The van der Waals surface area contributed by atoms with Crippen LogP contribution < -0.4 is 20.3 Å². The average molecular weight is 439 g/mol. The van der Waals surface area contributed by atoms with Crippen molar-refractivity contribution in [1.82, 2.24) is 10.6 Å². The van der Waals surface area contributed by atoms with Gasteiger partial charge in [0.25, 0.3) is 5.91 Å². The van der Waals surface area contributed by atoms with E-state index in [0.717, 1.165) is 0 Å². The van der Waals surface area contributed by atoms with Gasteiger partial charge in [-0.3, -0.25) is 14.4 Å². The number of hydrogen-bond acceptors (Lipinski definition) is 5. The van der Waals surface area contributed by atoms with E-state index in [1.54, 1.807) is 24.3 Å². The van der Waals surface area contributed by atoms with Gasteiger partial charge in [-0.2, -0.15) is 0 Å². The van der Waals surface area contributed by atoms with E-state index in [-0.39, 0.29) is 25.3 Å². The molecule has 0 aliphatic carbocycles. The van der Waals surface area contributed by atoms with Gasteiger partial charge in [0.2, 0.25) is 0 Å². The van der Waals surface area contributed by atoms with Gasteiger partial charge in [0, 0.05) is 31.1 Å². The van der Waals surface area contributed by atoms with Crippen LogP contribution >= 0.6 is 0 Å². The van der Waals surface area contributed by atoms with Gasteiger partial charge in [-0.15, -0.1) is 0 Å². The molecule has 0 saturated heterocycles. The maximum atomic E-state index is 13.7. The Kier molecular flexibility index (Phi) is 7.41. The molecule has 0 bridgehead atoms. The van der Waals surface area contributed by atoms with Crippen molar-refractivity contribution >= 4 is 23.4 Å². The third-order valence-corrected chi connectivity index (χ3v) is 4.73. The zero-order valence-corrected chi connectivity index (χ0v) is 17.4. The molecule has 1 atom stereocenters. The van der Waals surface area contributed by atoms with E-state index in [9.17, 15) is 18.8 Å². The fourth-order valence-electron chi connectivity index (χ4n) is 3.02. The van der Waals surface area contributed by atoms with Gasteiger partial charge < -0.3 is 25.4 Å². The van der Waals surface area contributed by atoms with E-state index in [1.807, 2.05) is 0 Å². The summed E-state index contributed by atoms with van der Waals surface area (Å²) in [5.41, 5.74) is 1.33. The smallest absolute Gasteiger partial charge is 0.310 e. The Morgan fingerprint density at radius 1 is 1.25 bits per heavy atom. The minimum atomic E-state index is -1.09. The molecule has 0 fully saturated rings. The molecule has 0 aromatic heterocycles. The molecule has 2 aromatic rings. The topological polar surface area (TPSA) is 108 Å². The Labute approximate surface area is 184 Å². The highest BCUT2D eigenvalue weighted by Gasteiger charge is 2.32. The zero-order chi connectivity index (χ0) is 23.1. The van der Waals surface area contributed by atoms with Crippen molar-refractivity contribution in [3.63, 3.8) is 0 Å². The molecule has 1 aliphatic rings. The van der Waals surface area contributed by atoms with Gasteiger partial charge in [0.05, 0.1) is 12.3 Å². The number of aliphatic hydroxyl groups excluding tert-OH is 1. The fourth-order valence-corrected chi connectivity index (χ4v) is 3.02. The maximum Gasteiger partial charge on any atom is 0.310 e. The number of amides is 3. The number of fused-ring (bicyclic) bond motifs is 1. The summed E-state index contributed by atoms with van der Waals surface area (Å²) in [6.45, 7) is -0.383.